The monoisotopic (exact) mass is 526 g/mol. The summed E-state index contributed by atoms with van der Waals surface area (Å²) in [6, 6.07) is 14.0. The molecule has 0 spiro atoms. The van der Waals surface area contributed by atoms with Crippen molar-refractivity contribution in [1.82, 2.24) is 10.2 Å². The summed E-state index contributed by atoms with van der Waals surface area (Å²) >= 11 is 0. The standard InChI is InChI=1S/C22H30N4O3.HI/c1-23-22(24-16-17-8-7-11-20(28-3)21(17)29-4)26-14-12-25(13-15-26)18-9-5-6-10-19(18)27-2;/h5-11H,12-16H2,1-4H3,(H,23,24);1H. The second-order valence-corrected chi connectivity index (χ2v) is 6.70. The number of nitrogens with zero attached hydrogens (tertiary/aromatic N) is 3. The average Bonchev–Trinajstić information content (AvgIpc) is 2.79. The first-order valence-electron chi connectivity index (χ1n) is 9.75. The van der Waals surface area contributed by atoms with Gasteiger partial charge in [-0.05, 0) is 18.2 Å². The summed E-state index contributed by atoms with van der Waals surface area (Å²) in [4.78, 5) is 9.10. The summed E-state index contributed by atoms with van der Waals surface area (Å²) in [5.74, 6) is 3.27. The van der Waals surface area contributed by atoms with Crippen molar-refractivity contribution in [1.29, 1.82) is 0 Å². The molecule has 1 N–H and O–H groups in total. The molecule has 1 heterocycles. The molecule has 0 bridgehead atoms. The molecule has 0 atom stereocenters. The molecular formula is C22H31IN4O3. The van der Waals surface area contributed by atoms with Crippen molar-refractivity contribution < 1.29 is 14.2 Å². The molecule has 1 fully saturated rings. The number of ether oxygens (including phenoxy) is 3. The van der Waals surface area contributed by atoms with Crippen LogP contribution in [0, 0.1) is 0 Å². The number of hydrogen-bond acceptors (Lipinski definition) is 5. The Kier molecular flexibility index (Phi) is 9.35. The smallest absolute Gasteiger partial charge is 0.194 e. The van der Waals surface area contributed by atoms with Crippen LogP contribution in [0.3, 0.4) is 0 Å². The lowest BCUT2D eigenvalue weighted by Crippen LogP contribution is -2.52. The fourth-order valence-electron chi connectivity index (χ4n) is 3.65. The van der Waals surface area contributed by atoms with Crippen molar-refractivity contribution in [2.45, 2.75) is 6.54 Å². The van der Waals surface area contributed by atoms with Crippen LogP contribution in [0.15, 0.2) is 47.5 Å². The Morgan fingerprint density at radius 2 is 1.57 bits per heavy atom. The Hall–Kier alpha value is -2.36. The van der Waals surface area contributed by atoms with E-state index in [1.54, 1.807) is 21.3 Å². The highest BCUT2D eigenvalue weighted by atomic mass is 127. The lowest BCUT2D eigenvalue weighted by atomic mass is 10.2. The number of halogens is 1. The van der Waals surface area contributed by atoms with E-state index < -0.39 is 0 Å². The Balaban J connectivity index is 0.00000320. The Morgan fingerprint density at radius 3 is 2.20 bits per heavy atom. The van der Waals surface area contributed by atoms with Gasteiger partial charge >= 0.3 is 0 Å². The van der Waals surface area contributed by atoms with Gasteiger partial charge in [0.2, 0.25) is 0 Å². The maximum Gasteiger partial charge on any atom is 0.194 e. The van der Waals surface area contributed by atoms with Gasteiger partial charge in [-0.15, -0.1) is 24.0 Å². The Labute approximate surface area is 196 Å². The largest absolute Gasteiger partial charge is 0.495 e. The van der Waals surface area contributed by atoms with Gasteiger partial charge in [-0.25, -0.2) is 0 Å². The number of nitrogens with one attached hydrogen (secondary N) is 1. The highest BCUT2D eigenvalue weighted by Gasteiger charge is 2.22. The van der Waals surface area contributed by atoms with E-state index in [-0.39, 0.29) is 24.0 Å². The van der Waals surface area contributed by atoms with Crippen molar-refractivity contribution in [2.75, 3.05) is 59.5 Å². The highest BCUT2D eigenvalue weighted by Crippen LogP contribution is 2.31. The van der Waals surface area contributed by atoms with Crippen LogP contribution in [0.2, 0.25) is 0 Å². The molecule has 7 nitrogen and oxygen atoms in total. The first-order chi connectivity index (χ1) is 14.2. The van der Waals surface area contributed by atoms with E-state index in [1.807, 2.05) is 43.4 Å². The number of benzene rings is 2. The normalized spacial score (nSPS) is 14.1. The zero-order valence-corrected chi connectivity index (χ0v) is 20.4. The predicted molar refractivity (Wildman–Crippen MR) is 132 cm³/mol. The molecule has 0 saturated carbocycles. The van der Waals surface area contributed by atoms with E-state index in [2.05, 4.69) is 26.2 Å². The maximum atomic E-state index is 5.53. The summed E-state index contributed by atoms with van der Waals surface area (Å²) in [6.45, 7) is 4.19. The van der Waals surface area contributed by atoms with E-state index >= 15 is 0 Å². The van der Waals surface area contributed by atoms with Crippen molar-refractivity contribution in [3.8, 4) is 17.2 Å². The predicted octanol–water partition coefficient (Wildman–Crippen LogP) is 3.23. The first-order valence-corrected chi connectivity index (χ1v) is 9.75. The van der Waals surface area contributed by atoms with Gasteiger partial charge in [-0.3, -0.25) is 4.99 Å². The molecule has 2 aromatic rings. The Bertz CT molecular complexity index is 839. The number of anilines is 1. The molecule has 0 radical (unpaired) electrons. The van der Waals surface area contributed by atoms with Gasteiger partial charge in [0, 0.05) is 45.3 Å². The lowest BCUT2D eigenvalue weighted by molar-refractivity contribution is 0.349. The Morgan fingerprint density at radius 1 is 0.900 bits per heavy atom. The van der Waals surface area contributed by atoms with Crippen LogP contribution in [0.1, 0.15) is 5.56 Å². The van der Waals surface area contributed by atoms with Crippen molar-refractivity contribution in [3.05, 3.63) is 48.0 Å². The molecule has 164 valence electrons. The van der Waals surface area contributed by atoms with Crippen LogP contribution >= 0.6 is 24.0 Å². The van der Waals surface area contributed by atoms with Crippen LogP contribution in [0.25, 0.3) is 0 Å². The minimum absolute atomic E-state index is 0. The molecule has 0 unspecified atom stereocenters. The second-order valence-electron chi connectivity index (χ2n) is 6.70. The second kappa shape index (κ2) is 11.7. The minimum Gasteiger partial charge on any atom is -0.495 e. The zero-order valence-electron chi connectivity index (χ0n) is 18.1. The third-order valence-electron chi connectivity index (χ3n) is 5.14. The SMILES string of the molecule is CN=C(NCc1cccc(OC)c1OC)N1CCN(c2ccccc2OC)CC1.I. The van der Waals surface area contributed by atoms with E-state index in [0.717, 1.165) is 60.6 Å². The van der Waals surface area contributed by atoms with Crippen molar-refractivity contribution in [2.24, 2.45) is 4.99 Å². The summed E-state index contributed by atoms with van der Waals surface area (Å²) in [7, 11) is 6.84. The third kappa shape index (κ3) is 5.41. The van der Waals surface area contributed by atoms with Crippen molar-refractivity contribution in [3.63, 3.8) is 0 Å². The fourth-order valence-corrected chi connectivity index (χ4v) is 3.65. The van der Waals surface area contributed by atoms with Crippen LogP contribution in [-0.4, -0.2) is 65.4 Å². The van der Waals surface area contributed by atoms with Crippen molar-refractivity contribution >= 4 is 35.6 Å². The van der Waals surface area contributed by atoms with E-state index in [1.165, 1.54) is 0 Å². The molecule has 8 heteroatoms. The quantitative estimate of drug-likeness (QED) is 0.355. The topological polar surface area (TPSA) is 58.6 Å². The summed E-state index contributed by atoms with van der Waals surface area (Å²) < 4.78 is 16.4. The number of aliphatic imine (C=N–C) groups is 1. The minimum atomic E-state index is 0. The third-order valence-corrected chi connectivity index (χ3v) is 5.14. The van der Waals surface area contributed by atoms with Gasteiger partial charge in [-0.1, -0.05) is 24.3 Å². The molecule has 1 aliphatic rings. The van der Waals surface area contributed by atoms with Gasteiger partial charge in [0.15, 0.2) is 17.5 Å². The molecule has 0 aromatic heterocycles. The van der Waals surface area contributed by atoms with E-state index in [0.29, 0.717) is 6.54 Å². The highest BCUT2D eigenvalue weighted by molar-refractivity contribution is 14.0. The number of piperazine rings is 1. The van der Waals surface area contributed by atoms with Gasteiger partial charge in [0.25, 0.3) is 0 Å². The molecule has 0 aliphatic carbocycles. The van der Waals surface area contributed by atoms with E-state index in [9.17, 15) is 0 Å². The fraction of sp³-hybridized carbons (Fsp3) is 0.409. The first kappa shape index (κ1) is 23.9. The van der Waals surface area contributed by atoms with E-state index in [4.69, 9.17) is 14.2 Å². The molecule has 1 saturated heterocycles. The van der Waals surface area contributed by atoms with Crippen LogP contribution < -0.4 is 24.4 Å². The number of guanidine groups is 1. The summed E-state index contributed by atoms with van der Waals surface area (Å²) in [6.07, 6.45) is 0. The molecule has 3 rings (SSSR count). The number of hydrogen-bond donors (Lipinski definition) is 1. The average molecular weight is 526 g/mol. The number of rotatable bonds is 6. The van der Waals surface area contributed by atoms with Gasteiger partial charge in [-0.2, -0.15) is 0 Å². The van der Waals surface area contributed by atoms with Gasteiger partial charge < -0.3 is 29.3 Å². The molecule has 0 amide bonds. The summed E-state index contributed by atoms with van der Waals surface area (Å²) in [5, 5.41) is 3.46. The van der Waals surface area contributed by atoms with Crippen LogP contribution in [-0.2, 0) is 6.54 Å². The lowest BCUT2D eigenvalue weighted by Gasteiger charge is -2.38. The van der Waals surface area contributed by atoms with Crippen LogP contribution in [0.4, 0.5) is 5.69 Å². The molecule has 1 aliphatic heterocycles. The molecule has 2 aromatic carbocycles. The van der Waals surface area contributed by atoms with Crippen LogP contribution in [0.5, 0.6) is 17.2 Å². The maximum absolute atomic E-state index is 5.53. The zero-order chi connectivity index (χ0) is 20.6. The number of para-hydroxylation sites is 3. The van der Waals surface area contributed by atoms with Gasteiger partial charge in [0.05, 0.1) is 27.0 Å². The van der Waals surface area contributed by atoms with Gasteiger partial charge in [0.1, 0.15) is 5.75 Å². The molecular weight excluding hydrogens is 495 g/mol. The molecule has 30 heavy (non-hydrogen) atoms. The summed E-state index contributed by atoms with van der Waals surface area (Å²) in [5.41, 5.74) is 2.17. The number of methoxy groups -OCH3 is 3.